The summed E-state index contributed by atoms with van der Waals surface area (Å²) < 4.78 is 1.17. The van der Waals surface area contributed by atoms with Gasteiger partial charge in [0.2, 0.25) is 0 Å². The highest BCUT2D eigenvalue weighted by Crippen LogP contribution is 2.22. The van der Waals surface area contributed by atoms with Crippen molar-refractivity contribution in [1.82, 2.24) is 10.6 Å². The molecule has 0 aliphatic rings. The predicted octanol–water partition coefficient (Wildman–Crippen LogP) is 1.81. The molecule has 0 saturated heterocycles. The van der Waals surface area contributed by atoms with Crippen LogP contribution in [0, 0.1) is 0 Å². The molecule has 0 spiro atoms. The van der Waals surface area contributed by atoms with Crippen molar-refractivity contribution in [2.24, 2.45) is 4.99 Å². The van der Waals surface area contributed by atoms with Gasteiger partial charge in [0.05, 0.1) is 3.79 Å². The molecular weight excluding hydrogens is 250 g/mol. The smallest absolute Gasteiger partial charge is 0.190 e. The average molecular weight is 262 g/mol. The van der Waals surface area contributed by atoms with Crippen LogP contribution in [0.2, 0.25) is 0 Å². The fourth-order valence-corrected chi connectivity index (χ4v) is 2.14. The molecule has 1 rings (SSSR count). The zero-order chi connectivity index (χ0) is 9.68. The maximum atomic E-state index is 4.02. The van der Waals surface area contributed by atoms with Gasteiger partial charge in [0, 0.05) is 20.6 Å². The molecular formula is C8H12BrN3S. The molecule has 0 fully saturated rings. The van der Waals surface area contributed by atoms with Crippen LogP contribution < -0.4 is 10.6 Å². The summed E-state index contributed by atoms with van der Waals surface area (Å²) in [5.41, 5.74) is 1.25. The second-order valence-electron chi connectivity index (χ2n) is 2.40. The topological polar surface area (TPSA) is 36.4 Å². The summed E-state index contributed by atoms with van der Waals surface area (Å²) in [5.74, 6) is 0.804. The first-order valence-corrected chi connectivity index (χ1v) is 5.55. The van der Waals surface area contributed by atoms with Crippen molar-refractivity contribution in [2.45, 2.75) is 6.54 Å². The number of rotatable bonds is 2. The van der Waals surface area contributed by atoms with Gasteiger partial charge in [-0.25, -0.2) is 0 Å². The lowest BCUT2D eigenvalue weighted by atomic mass is 10.3. The Morgan fingerprint density at radius 2 is 2.46 bits per heavy atom. The molecule has 0 unspecified atom stereocenters. The molecule has 5 heteroatoms. The lowest BCUT2D eigenvalue weighted by molar-refractivity contribution is 0.867. The third-order valence-electron chi connectivity index (χ3n) is 1.60. The Labute approximate surface area is 90.4 Å². The fraction of sp³-hybridized carbons (Fsp3) is 0.375. The van der Waals surface area contributed by atoms with E-state index in [1.54, 1.807) is 18.4 Å². The van der Waals surface area contributed by atoms with Gasteiger partial charge in [-0.2, -0.15) is 0 Å². The molecule has 0 saturated carbocycles. The Morgan fingerprint density at radius 3 is 2.92 bits per heavy atom. The number of guanidine groups is 1. The number of aliphatic imine (C=N–C) groups is 1. The van der Waals surface area contributed by atoms with Gasteiger partial charge >= 0.3 is 0 Å². The molecule has 1 aromatic heterocycles. The highest BCUT2D eigenvalue weighted by molar-refractivity contribution is 9.11. The highest BCUT2D eigenvalue weighted by atomic mass is 79.9. The molecule has 2 N–H and O–H groups in total. The van der Waals surface area contributed by atoms with E-state index in [0.717, 1.165) is 12.5 Å². The maximum absolute atomic E-state index is 4.02. The van der Waals surface area contributed by atoms with Gasteiger partial charge in [-0.05, 0) is 32.9 Å². The molecule has 0 aliphatic carbocycles. The number of nitrogens with one attached hydrogen (secondary N) is 2. The lowest BCUT2D eigenvalue weighted by Crippen LogP contribution is -2.33. The van der Waals surface area contributed by atoms with Gasteiger partial charge in [-0.1, -0.05) is 0 Å². The Hall–Kier alpha value is -0.550. The molecule has 3 nitrogen and oxygen atoms in total. The van der Waals surface area contributed by atoms with Crippen LogP contribution in [0.15, 0.2) is 20.2 Å². The monoisotopic (exact) mass is 261 g/mol. The van der Waals surface area contributed by atoms with E-state index in [1.165, 1.54) is 9.35 Å². The van der Waals surface area contributed by atoms with Gasteiger partial charge in [0.25, 0.3) is 0 Å². The molecule has 0 amide bonds. The van der Waals surface area contributed by atoms with E-state index in [4.69, 9.17) is 0 Å². The third-order valence-corrected chi connectivity index (χ3v) is 3.41. The predicted molar refractivity (Wildman–Crippen MR) is 61.3 cm³/mol. The average Bonchev–Trinajstić information content (AvgIpc) is 2.54. The summed E-state index contributed by atoms with van der Waals surface area (Å²) in [7, 11) is 3.60. The van der Waals surface area contributed by atoms with Gasteiger partial charge in [-0.3, -0.25) is 4.99 Å². The third kappa shape index (κ3) is 3.00. The van der Waals surface area contributed by atoms with Crippen LogP contribution in [0.3, 0.4) is 0 Å². The summed E-state index contributed by atoms with van der Waals surface area (Å²) in [4.78, 5) is 4.02. The Kier molecular flexibility index (Phi) is 4.24. The van der Waals surface area contributed by atoms with Gasteiger partial charge < -0.3 is 10.6 Å². The van der Waals surface area contributed by atoms with E-state index in [2.05, 4.69) is 43.0 Å². The van der Waals surface area contributed by atoms with Crippen molar-refractivity contribution in [3.8, 4) is 0 Å². The van der Waals surface area contributed by atoms with Crippen molar-refractivity contribution in [3.05, 3.63) is 20.8 Å². The van der Waals surface area contributed by atoms with Crippen molar-refractivity contribution >= 4 is 33.2 Å². The number of hydrogen-bond acceptors (Lipinski definition) is 2. The van der Waals surface area contributed by atoms with Crippen molar-refractivity contribution in [2.75, 3.05) is 14.1 Å². The largest absolute Gasteiger partial charge is 0.359 e. The molecule has 0 radical (unpaired) electrons. The quantitative estimate of drug-likeness (QED) is 0.630. The minimum atomic E-state index is 0.789. The van der Waals surface area contributed by atoms with Crippen molar-refractivity contribution < 1.29 is 0 Å². The van der Waals surface area contributed by atoms with E-state index in [-0.39, 0.29) is 0 Å². The fourth-order valence-electron chi connectivity index (χ4n) is 0.904. The van der Waals surface area contributed by atoms with Crippen molar-refractivity contribution in [3.63, 3.8) is 0 Å². The zero-order valence-corrected chi connectivity index (χ0v) is 10.00. The van der Waals surface area contributed by atoms with E-state index in [0.29, 0.717) is 0 Å². The maximum Gasteiger partial charge on any atom is 0.190 e. The highest BCUT2D eigenvalue weighted by Gasteiger charge is 2.00. The standard InChI is InChI=1S/C8H12BrN3S/c1-10-8(11-2)12-5-6-3-4-13-7(6)9/h3-4H,5H2,1-2H3,(H2,10,11,12). The van der Waals surface area contributed by atoms with E-state index in [9.17, 15) is 0 Å². The molecule has 0 bridgehead atoms. The summed E-state index contributed by atoms with van der Waals surface area (Å²) >= 11 is 5.17. The van der Waals surface area contributed by atoms with Crippen LogP contribution in [0.5, 0.6) is 0 Å². The van der Waals surface area contributed by atoms with Crippen LogP contribution in [0.1, 0.15) is 5.56 Å². The summed E-state index contributed by atoms with van der Waals surface area (Å²) in [6, 6.07) is 2.09. The molecule has 1 heterocycles. The van der Waals surface area contributed by atoms with Crippen LogP contribution in [0.25, 0.3) is 0 Å². The first-order valence-electron chi connectivity index (χ1n) is 3.88. The second kappa shape index (κ2) is 5.24. The van der Waals surface area contributed by atoms with E-state index >= 15 is 0 Å². The van der Waals surface area contributed by atoms with Gasteiger partial charge in [0.1, 0.15) is 0 Å². The van der Waals surface area contributed by atoms with Crippen LogP contribution in [0.4, 0.5) is 0 Å². The zero-order valence-electron chi connectivity index (χ0n) is 7.60. The molecule has 1 aromatic rings. The second-order valence-corrected chi connectivity index (χ2v) is 4.63. The summed E-state index contributed by atoms with van der Waals surface area (Å²) in [6.07, 6.45) is 0. The number of nitrogens with zero attached hydrogens (tertiary/aromatic N) is 1. The summed E-state index contributed by atoms with van der Waals surface area (Å²) in [6.45, 7) is 0.789. The Balaban J connectivity index is 2.48. The SMILES string of the molecule is CN=C(NC)NCc1ccsc1Br. The molecule has 0 atom stereocenters. The number of hydrogen-bond donors (Lipinski definition) is 2. The van der Waals surface area contributed by atoms with E-state index < -0.39 is 0 Å². The first kappa shape index (κ1) is 10.5. The Morgan fingerprint density at radius 1 is 1.69 bits per heavy atom. The molecule has 0 aliphatic heterocycles. The van der Waals surface area contributed by atoms with Crippen LogP contribution >= 0.6 is 27.3 Å². The molecule has 72 valence electrons. The molecule has 0 aromatic carbocycles. The van der Waals surface area contributed by atoms with Crippen molar-refractivity contribution in [1.29, 1.82) is 0 Å². The minimum absolute atomic E-state index is 0.789. The van der Waals surface area contributed by atoms with Crippen LogP contribution in [-0.4, -0.2) is 20.1 Å². The first-order chi connectivity index (χ1) is 6.27. The van der Waals surface area contributed by atoms with Gasteiger partial charge in [0.15, 0.2) is 5.96 Å². The minimum Gasteiger partial charge on any atom is -0.359 e. The number of thiophene rings is 1. The Bertz CT molecular complexity index is 295. The summed E-state index contributed by atoms with van der Waals surface area (Å²) in [5, 5.41) is 8.20. The van der Waals surface area contributed by atoms with Gasteiger partial charge in [-0.15, -0.1) is 11.3 Å². The van der Waals surface area contributed by atoms with Crippen LogP contribution in [-0.2, 0) is 6.54 Å². The molecule has 13 heavy (non-hydrogen) atoms. The van der Waals surface area contributed by atoms with E-state index in [1.807, 2.05) is 7.05 Å². The lowest BCUT2D eigenvalue weighted by Gasteiger charge is -2.07. The normalized spacial score (nSPS) is 11.5. The number of halogens is 1.